The molecule has 1 amide bonds. The van der Waals surface area contributed by atoms with Crippen LogP contribution in [0.15, 0.2) is 30.5 Å². The summed E-state index contributed by atoms with van der Waals surface area (Å²) in [4.78, 5) is 14.5. The molecule has 1 aliphatic heterocycles. The molecule has 0 spiro atoms. The first-order chi connectivity index (χ1) is 11.5. The van der Waals surface area contributed by atoms with Gasteiger partial charge in [-0.25, -0.2) is 17.6 Å². The molecule has 2 N–H and O–H groups in total. The molecule has 3 aromatic rings. The standard InChI is InChI=1S/C17H8F4N2O/c18-12-11-7(6-22-16(11)15(21)14(20)13(12)19)5-9-8-3-1-2-4-10(8)23-17(9)24/h1-6,22H,(H,23,24)/b9-5+. The molecule has 0 atom stereocenters. The van der Waals surface area contributed by atoms with Gasteiger partial charge in [-0.05, 0) is 12.1 Å². The molecule has 0 aliphatic carbocycles. The number of halogens is 4. The van der Waals surface area contributed by atoms with Gasteiger partial charge in [-0.3, -0.25) is 4.79 Å². The van der Waals surface area contributed by atoms with Gasteiger partial charge in [0.1, 0.15) is 0 Å². The number of para-hydroxylation sites is 1. The summed E-state index contributed by atoms with van der Waals surface area (Å²) >= 11 is 0. The van der Waals surface area contributed by atoms with Gasteiger partial charge in [-0.15, -0.1) is 0 Å². The molecule has 3 nitrogen and oxygen atoms in total. The smallest absolute Gasteiger partial charge is 0.256 e. The van der Waals surface area contributed by atoms with Crippen molar-refractivity contribution in [2.75, 3.05) is 5.32 Å². The second-order valence-corrected chi connectivity index (χ2v) is 5.31. The molecule has 0 saturated heterocycles. The van der Waals surface area contributed by atoms with E-state index < -0.39 is 40.1 Å². The van der Waals surface area contributed by atoms with Crippen LogP contribution in [0, 0.1) is 23.3 Å². The number of carbonyl (C=O) groups is 1. The zero-order chi connectivity index (χ0) is 17.0. The number of hydrogen-bond acceptors (Lipinski definition) is 1. The Balaban J connectivity index is 1.98. The first-order valence-corrected chi connectivity index (χ1v) is 6.94. The molecule has 0 fully saturated rings. The number of carbonyl (C=O) groups excluding carboxylic acids is 1. The Bertz CT molecular complexity index is 1050. The van der Waals surface area contributed by atoms with Gasteiger partial charge in [0.2, 0.25) is 0 Å². The van der Waals surface area contributed by atoms with Crippen LogP contribution >= 0.6 is 0 Å². The van der Waals surface area contributed by atoms with Gasteiger partial charge < -0.3 is 10.3 Å². The third kappa shape index (κ3) is 1.87. The van der Waals surface area contributed by atoms with Gasteiger partial charge >= 0.3 is 0 Å². The van der Waals surface area contributed by atoms with Crippen molar-refractivity contribution in [1.82, 2.24) is 4.98 Å². The molecular formula is C17H8F4N2O. The quantitative estimate of drug-likeness (QED) is 0.298. The summed E-state index contributed by atoms with van der Waals surface area (Å²) in [7, 11) is 0. The van der Waals surface area contributed by atoms with E-state index in [-0.39, 0.29) is 11.1 Å². The SMILES string of the molecule is O=C1Nc2ccccc2/C1=C\c1c[nH]c2c(F)c(F)c(F)c(F)c12. The average Bonchev–Trinajstić information content (AvgIpc) is 3.13. The number of nitrogens with one attached hydrogen (secondary N) is 2. The van der Waals surface area contributed by atoms with E-state index in [4.69, 9.17) is 0 Å². The number of anilines is 1. The van der Waals surface area contributed by atoms with Crippen LogP contribution in [0.25, 0.3) is 22.6 Å². The zero-order valence-corrected chi connectivity index (χ0v) is 11.9. The van der Waals surface area contributed by atoms with Crippen LogP contribution in [0.1, 0.15) is 11.1 Å². The van der Waals surface area contributed by atoms with Crippen LogP contribution in [-0.2, 0) is 4.79 Å². The van der Waals surface area contributed by atoms with Crippen molar-refractivity contribution >= 4 is 34.1 Å². The van der Waals surface area contributed by atoms with E-state index in [1.807, 2.05) is 0 Å². The minimum absolute atomic E-state index is 0.0437. The molecule has 7 heteroatoms. The van der Waals surface area contributed by atoms with Gasteiger partial charge in [0.25, 0.3) is 5.91 Å². The molecule has 4 rings (SSSR count). The Hall–Kier alpha value is -3.09. The lowest BCUT2D eigenvalue weighted by Gasteiger charge is -2.02. The van der Waals surface area contributed by atoms with Crippen molar-refractivity contribution in [2.24, 2.45) is 0 Å². The Morgan fingerprint density at radius 1 is 0.917 bits per heavy atom. The van der Waals surface area contributed by atoms with Gasteiger partial charge in [0.15, 0.2) is 23.3 Å². The molecule has 24 heavy (non-hydrogen) atoms. The highest BCUT2D eigenvalue weighted by Gasteiger charge is 2.26. The Morgan fingerprint density at radius 3 is 2.42 bits per heavy atom. The van der Waals surface area contributed by atoms with E-state index in [0.717, 1.165) is 0 Å². The lowest BCUT2D eigenvalue weighted by atomic mass is 10.0. The minimum Gasteiger partial charge on any atom is -0.358 e. The maximum Gasteiger partial charge on any atom is 0.256 e. The third-order valence-electron chi connectivity index (χ3n) is 3.94. The largest absolute Gasteiger partial charge is 0.358 e. The molecule has 0 bridgehead atoms. The highest BCUT2D eigenvalue weighted by molar-refractivity contribution is 6.35. The van der Waals surface area contributed by atoms with Crippen LogP contribution in [0.2, 0.25) is 0 Å². The number of hydrogen-bond donors (Lipinski definition) is 2. The second-order valence-electron chi connectivity index (χ2n) is 5.31. The van der Waals surface area contributed by atoms with E-state index in [2.05, 4.69) is 10.3 Å². The molecule has 120 valence electrons. The maximum absolute atomic E-state index is 14.1. The minimum atomic E-state index is -1.89. The predicted octanol–water partition coefficient (Wildman–Crippen LogP) is 4.22. The third-order valence-corrected chi connectivity index (χ3v) is 3.94. The molecule has 2 aromatic carbocycles. The fourth-order valence-electron chi connectivity index (χ4n) is 2.81. The number of H-pyrrole nitrogens is 1. The monoisotopic (exact) mass is 332 g/mol. The summed E-state index contributed by atoms with van der Waals surface area (Å²) in [5.74, 6) is -7.22. The highest BCUT2D eigenvalue weighted by Crippen LogP contribution is 2.35. The molecule has 0 unspecified atom stereocenters. The van der Waals surface area contributed by atoms with Crippen molar-refractivity contribution in [1.29, 1.82) is 0 Å². The summed E-state index contributed by atoms with van der Waals surface area (Å²) in [6.45, 7) is 0. The summed E-state index contributed by atoms with van der Waals surface area (Å²) in [6.07, 6.45) is 2.50. The maximum atomic E-state index is 14.1. The van der Waals surface area contributed by atoms with Crippen molar-refractivity contribution in [3.05, 3.63) is 64.9 Å². The van der Waals surface area contributed by atoms with Crippen molar-refractivity contribution < 1.29 is 22.4 Å². The van der Waals surface area contributed by atoms with Gasteiger partial charge in [-0.2, -0.15) is 0 Å². The normalized spacial score (nSPS) is 15.2. The fraction of sp³-hybridized carbons (Fsp3) is 0. The van der Waals surface area contributed by atoms with E-state index in [0.29, 0.717) is 11.3 Å². The first-order valence-electron chi connectivity index (χ1n) is 6.94. The molecule has 1 aliphatic rings. The number of benzene rings is 2. The lowest BCUT2D eigenvalue weighted by molar-refractivity contribution is -0.110. The number of aromatic nitrogens is 1. The zero-order valence-electron chi connectivity index (χ0n) is 11.9. The molecule has 2 heterocycles. The van der Waals surface area contributed by atoms with Crippen LogP contribution in [0.3, 0.4) is 0 Å². The van der Waals surface area contributed by atoms with Gasteiger partial charge in [0, 0.05) is 34.0 Å². The second kappa shape index (κ2) is 4.95. The van der Waals surface area contributed by atoms with Crippen molar-refractivity contribution in [3.63, 3.8) is 0 Å². The number of aromatic amines is 1. The summed E-state index contributed by atoms with van der Waals surface area (Å²) < 4.78 is 54.6. The highest BCUT2D eigenvalue weighted by atomic mass is 19.2. The summed E-state index contributed by atoms with van der Waals surface area (Å²) in [6, 6.07) is 6.84. The molecule has 0 saturated carbocycles. The summed E-state index contributed by atoms with van der Waals surface area (Å²) in [5, 5.41) is 2.19. The van der Waals surface area contributed by atoms with Crippen molar-refractivity contribution in [3.8, 4) is 0 Å². The van der Waals surface area contributed by atoms with Crippen molar-refractivity contribution in [2.45, 2.75) is 0 Å². The van der Waals surface area contributed by atoms with E-state index in [1.54, 1.807) is 24.3 Å². The van der Waals surface area contributed by atoms with E-state index in [1.165, 1.54) is 12.3 Å². The van der Waals surface area contributed by atoms with E-state index in [9.17, 15) is 22.4 Å². The first kappa shape index (κ1) is 14.5. The van der Waals surface area contributed by atoms with Crippen LogP contribution in [0.4, 0.5) is 23.2 Å². The topological polar surface area (TPSA) is 44.9 Å². The Kier molecular flexibility index (Phi) is 2.99. The Labute approximate surface area is 132 Å². The van der Waals surface area contributed by atoms with E-state index >= 15 is 0 Å². The Morgan fingerprint density at radius 2 is 1.62 bits per heavy atom. The van der Waals surface area contributed by atoms with Crippen LogP contribution < -0.4 is 5.32 Å². The van der Waals surface area contributed by atoms with Crippen LogP contribution in [0.5, 0.6) is 0 Å². The van der Waals surface area contributed by atoms with Crippen LogP contribution in [-0.4, -0.2) is 10.9 Å². The summed E-state index contributed by atoms with van der Waals surface area (Å²) in [5.41, 5.74) is 0.931. The number of rotatable bonds is 1. The molecular weight excluding hydrogens is 324 g/mol. The average molecular weight is 332 g/mol. The molecule has 1 aromatic heterocycles. The fourth-order valence-corrected chi connectivity index (χ4v) is 2.81. The number of amides is 1. The predicted molar refractivity (Wildman–Crippen MR) is 81.1 cm³/mol. The molecule has 0 radical (unpaired) electrons. The lowest BCUT2D eigenvalue weighted by Crippen LogP contribution is -2.03. The van der Waals surface area contributed by atoms with Gasteiger partial charge in [-0.1, -0.05) is 18.2 Å². The number of fused-ring (bicyclic) bond motifs is 2. The van der Waals surface area contributed by atoms with Gasteiger partial charge in [0.05, 0.1) is 5.52 Å².